The Labute approximate surface area is 105 Å². The summed E-state index contributed by atoms with van der Waals surface area (Å²) in [6.45, 7) is 6.13. The van der Waals surface area contributed by atoms with Gasteiger partial charge in [-0.2, -0.15) is 4.98 Å². The van der Waals surface area contributed by atoms with E-state index in [0.29, 0.717) is 5.92 Å². The Morgan fingerprint density at radius 2 is 2.00 bits per heavy atom. The first-order valence-corrected chi connectivity index (χ1v) is 6.42. The summed E-state index contributed by atoms with van der Waals surface area (Å²) in [4.78, 5) is 5.05. The molecular weight excluding hydrogens is 232 g/mol. The van der Waals surface area contributed by atoms with E-state index in [9.17, 15) is 5.11 Å². The number of hydrogen-bond acceptors (Lipinski definition) is 4. The lowest BCUT2D eigenvalue weighted by atomic mass is 10.2. The molecule has 1 aromatic heterocycles. The lowest BCUT2D eigenvalue weighted by Gasteiger charge is -2.05. The lowest BCUT2D eigenvalue weighted by molar-refractivity contribution is 0.449. The second kappa shape index (κ2) is 4.75. The highest BCUT2D eigenvalue weighted by atomic mass is 32.1. The van der Waals surface area contributed by atoms with Crippen LogP contribution in [-0.2, 0) is 0 Å². The molecule has 3 nitrogen and oxygen atoms in total. The van der Waals surface area contributed by atoms with Gasteiger partial charge >= 0.3 is 0 Å². The van der Waals surface area contributed by atoms with Gasteiger partial charge in [0.15, 0.2) is 5.13 Å². The van der Waals surface area contributed by atoms with E-state index >= 15 is 0 Å². The van der Waals surface area contributed by atoms with Gasteiger partial charge in [0.1, 0.15) is 0 Å². The topological polar surface area (TPSA) is 45.2 Å². The summed E-state index contributed by atoms with van der Waals surface area (Å²) in [5.74, 6) is 0.431. The van der Waals surface area contributed by atoms with Crippen LogP contribution in [0.1, 0.15) is 30.2 Å². The Hall–Kier alpha value is -1.55. The van der Waals surface area contributed by atoms with E-state index in [-0.39, 0.29) is 5.88 Å². The van der Waals surface area contributed by atoms with Crippen LogP contribution in [0.5, 0.6) is 5.88 Å². The molecule has 0 saturated heterocycles. The van der Waals surface area contributed by atoms with Crippen LogP contribution in [0.15, 0.2) is 24.3 Å². The molecule has 2 aromatic rings. The molecule has 0 radical (unpaired) electrons. The van der Waals surface area contributed by atoms with Crippen LogP contribution in [-0.4, -0.2) is 10.1 Å². The standard InChI is InChI=1S/C13H16N2OS/c1-8(2)11-12(16)15-13(17-11)14-10-7-5-4-6-9(10)3/h4-8,16H,1-3H3,(H,14,15). The van der Waals surface area contributed by atoms with Gasteiger partial charge < -0.3 is 10.4 Å². The molecule has 0 spiro atoms. The molecule has 0 saturated carbocycles. The zero-order valence-corrected chi connectivity index (χ0v) is 11.0. The lowest BCUT2D eigenvalue weighted by Crippen LogP contribution is -1.91. The summed E-state index contributed by atoms with van der Waals surface area (Å²) in [5, 5.41) is 13.7. The molecule has 0 bridgehead atoms. The Bertz CT molecular complexity index is 520. The number of aromatic nitrogens is 1. The number of nitrogens with zero attached hydrogens (tertiary/aromatic N) is 1. The fourth-order valence-electron chi connectivity index (χ4n) is 1.58. The third kappa shape index (κ3) is 2.58. The molecule has 0 fully saturated rings. The van der Waals surface area contributed by atoms with Crippen LogP contribution in [0.2, 0.25) is 0 Å². The monoisotopic (exact) mass is 248 g/mol. The highest BCUT2D eigenvalue weighted by molar-refractivity contribution is 7.16. The molecule has 2 N–H and O–H groups in total. The predicted octanol–water partition coefficient (Wildman–Crippen LogP) is 4.02. The zero-order chi connectivity index (χ0) is 12.4. The van der Waals surface area contributed by atoms with Gasteiger partial charge in [0.2, 0.25) is 5.88 Å². The molecular formula is C13H16N2OS. The molecule has 0 aliphatic carbocycles. The fourth-order valence-corrected chi connectivity index (χ4v) is 2.46. The van der Waals surface area contributed by atoms with Crippen LogP contribution in [0.3, 0.4) is 0 Å². The SMILES string of the molecule is Cc1ccccc1Nc1nc(O)c(C(C)C)s1. The van der Waals surface area contributed by atoms with Gasteiger partial charge in [-0.3, -0.25) is 0 Å². The summed E-state index contributed by atoms with van der Waals surface area (Å²) in [7, 11) is 0. The zero-order valence-electron chi connectivity index (χ0n) is 10.2. The maximum atomic E-state index is 9.71. The van der Waals surface area contributed by atoms with Gasteiger partial charge in [0.05, 0.1) is 4.88 Å². The van der Waals surface area contributed by atoms with Crippen molar-refractivity contribution in [2.24, 2.45) is 0 Å². The fraction of sp³-hybridized carbons (Fsp3) is 0.308. The Morgan fingerprint density at radius 1 is 1.29 bits per heavy atom. The van der Waals surface area contributed by atoms with Crippen LogP contribution < -0.4 is 5.32 Å². The molecule has 0 atom stereocenters. The normalized spacial score (nSPS) is 10.8. The Morgan fingerprint density at radius 3 is 2.59 bits per heavy atom. The van der Waals surface area contributed by atoms with E-state index < -0.39 is 0 Å². The van der Waals surface area contributed by atoms with Crippen molar-refractivity contribution in [1.82, 2.24) is 4.98 Å². The smallest absolute Gasteiger partial charge is 0.227 e. The minimum atomic E-state index is 0.140. The van der Waals surface area contributed by atoms with Crippen molar-refractivity contribution >= 4 is 22.2 Å². The summed E-state index contributed by atoms with van der Waals surface area (Å²) < 4.78 is 0. The molecule has 2 rings (SSSR count). The molecule has 0 aliphatic rings. The van der Waals surface area contributed by atoms with Crippen molar-refractivity contribution < 1.29 is 5.11 Å². The molecule has 1 aromatic carbocycles. The third-order valence-corrected chi connectivity index (χ3v) is 3.81. The van der Waals surface area contributed by atoms with Crippen LogP contribution in [0, 0.1) is 6.92 Å². The second-order valence-corrected chi connectivity index (χ2v) is 5.33. The van der Waals surface area contributed by atoms with Crippen molar-refractivity contribution in [1.29, 1.82) is 0 Å². The quantitative estimate of drug-likeness (QED) is 0.862. The van der Waals surface area contributed by atoms with Gasteiger partial charge in [-0.15, -0.1) is 0 Å². The summed E-state index contributed by atoms with van der Waals surface area (Å²) in [6, 6.07) is 8.02. The van der Waals surface area contributed by atoms with Gasteiger partial charge in [-0.1, -0.05) is 43.4 Å². The number of benzene rings is 1. The summed E-state index contributed by atoms with van der Waals surface area (Å²) in [5.41, 5.74) is 2.19. The van der Waals surface area contributed by atoms with E-state index in [1.807, 2.05) is 45.0 Å². The van der Waals surface area contributed by atoms with E-state index in [1.54, 1.807) is 0 Å². The van der Waals surface area contributed by atoms with Crippen molar-refractivity contribution in [2.45, 2.75) is 26.7 Å². The number of aryl methyl sites for hydroxylation is 1. The molecule has 4 heteroatoms. The summed E-state index contributed by atoms with van der Waals surface area (Å²) >= 11 is 1.50. The molecule has 0 amide bonds. The highest BCUT2D eigenvalue weighted by Gasteiger charge is 2.13. The first-order valence-electron chi connectivity index (χ1n) is 5.60. The molecule has 1 heterocycles. The minimum absolute atomic E-state index is 0.140. The average Bonchev–Trinajstić information content (AvgIpc) is 2.63. The van der Waals surface area contributed by atoms with Crippen LogP contribution in [0.25, 0.3) is 0 Å². The molecule has 90 valence electrons. The van der Waals surface area contributed by atoms with Crippen LogP contribution in [0.4, 0.5) is 10.8 Å². The van der Waals surface area contributed by atoms with Crippen molar-refractivity contribution in [2.75, 3.05) is 5.32 Å². The highest BCUT2D eigenvalue weighted by Crippen LogP contribution is 2.35. The first-order chi connectivity index (χ1) is 8.08. The van der Waals surface area contributed by atoms with Crippen LogP contribution >= 0.6 is 11.3 Å². The first kappa shape index (κ1) is 11.9. The maximum absolute atomic E-state index is 9.71. The number of nitrogens with one attached hydrogen (secondary N) is 1. The number of thiazole rings is 1. The van der Waals surface area contributed by atoms with Gasteiger partial charge in [-0.25, -0.2) is 0 Å². The molecule has 0 aliphatic heterocycles. The summed E-state index contributed by atoms with van der Waals surface area (Å²) in [6.07, 6.45) is 0. The van der Waals surface area contributed by atoms with Crippen molar-refractivity contribution in [3.63, 3.8) is 0 Å². The second-order valence-electron chi connectivity index (χ2n) is 4.30. The number of hydrogen-bond donors (Lipinski definition) is 2. The number of aromatic hydroxyl groups is 1. The van der Waals surface area contributed by atoms with E-state index in [2.05, 4.69) is 10.3 Å². The van der Waals surface area contributed by atoms with Gasteiger partial charge in [0, 0.05) is 5.69 Å². The number of rotatable bonds is 3. The van der Waals surface area contributed by atoms with E-state index in [0.717, 1.165) is 21.3 Å². The van der Waals surface area contributed by atoms with Crippen molar-refractivity contribution in [3.8, 4) is 5.88 Å². The Balaban J connectivity index is 2.25. The number of para-hydroxylation sites is 1. The van der Waals surface area contributed by atoms with E-state index in [1.165, 1.54) is 11.3 Å². The van der Waals surface area contributed by atoms with Gasteiger partial charge in [0.25, 0.3) is 0 Å². The molecule has 0 unspecified atom stereocenters. The third-order valence-electron chi connectivity index (χ3n) is 2.55. The minimum Gasteiger partial charge on any atom is -0.492 e. The largest absolute Gasteiger partial charge is 0.492 e. The number of anilines is 2. The molecule has 17 heavy (non-hydrogen) atoms. The van der Waals surface area contributed by atoms with Gasteiger partial charge in [-0.05, 0) is 24.5 Å². The van der Waals surface area contributed by atoms with E-state index in [4.69, 9.17) is 0 Å². The van der Waals surface area contributed by atoms with Crippen molar-refractivity contribution in [3.05, 3.63) is 34.7 Å². The maximum Gasteiger partial charge on any atom is 0.227 e. The average molecular weight is 248 g/mol. The predicted molar refractivity (Wildman–Crippen MR) is 72.3 cm³/mol. The Kier molecular flexibility index (Phi) is 3.33.